The lowest BCUT2D eigenvalue weighted by Gasteiger charge is -2.12. The van der Waals surface area contributed by atoms with Crippen molar-refractivity contribution >= 4 is 26.6 Å². The molecule has 0 aliphatic heterocycles. The van der Waals surface area contributed by atoms with Crippen LogP contribution in [0.4, 0.5) is 5.69 Å². The van der Waals surface area contributed by atoms with E-state index in [1.54, 1.807) is 42.6 Å². The summed E-state index contributed by atoms with van der Waals surface area (Å²) < 4.78 is 33.3. The van der Waals surface area contributed by atoms with E-state index in [1.807, 2.05) is 19.1 Å². The zero-order chi connectivity index (χ0) is 16.4. The van der Waals surface area contributed by atoms with Crippen molar-refractivity contribution in [1.29, 1.82) is 0 Å². The Balaban J connectivity index is 2.10. The second kappa shape index (κ2) is 5.89. The van der Waals surface area contributed by atoms with Crippen LogP contribution in [-0.4, -0.2) is 20.5 Å². The molecule has 0 amide bonds. The van der Waals surface area contributed by atoms with E-state index in [1.165, 1.54) is 7.11 Å². The van der Waals surface area contributed by atoms with Gasteiger partial charge in [0.25, 0.3) is 10.0 Å². The molecule has 3 rings (SSSR count). The van der Waals surface area contributed by atoms with Crippen LogP contribution in [0.25, 0.3) is 10.9 Å². The Morgan fingerprint density at radius 1 is 1.09 bits per heavy atom. The fourth-order valence-corrected chi connectivity index (χ4v) is 3.64. The summed E-state index contributed by atoms with van der Waals surface area (Å²) in [6.45, 7) is 1.92. The van der Waals surface area contributed by atoms with Crippen LogP contribution in [0.15, 0.2) is 59.6 Å². The van der Waals surface area contributed by atoms with Gasteiger partial charge in [0, 0.05) is 11.6 Å². The Kier molecular flexibility index (Phi) is 3.92. The largest absolute Gasteiger partial charge is 0.495 e. The molecule has 2 aromatic carbocycles. The van der Waals surface area contributed by atoms with Crippen molar-refractivity contribution in [3.63, 3.8) is 0 Å². The molecule has 5 nitrogen and oxygen atoms in total. The van der Waals surface area contributed by atoms with Crippen molar-refractivity contribution < 1.29 is 13.2 Å². The SMILES string of the molecule is COc1ccccc1NS(=O)(=O)c1cccc2cc(C)cnc12. The molecule has 0 fully saturated rings. The van der Waals surface area contributed by atoms with Gasteiger partial charge in [-0.3, -0.25) is 9.71 Å². The van der Waals surface area contributed by atoms with Crippen LogP contribution >= 0.6 is 0 Å². The summed E-state index contributed by atoms with van der Waals surface area (Å²) in [5.41, 5.74) is 1.81. The molecule has 0 saturated carbocycles. The van der Waals surface area contributed by atoms with E-state index in [2.05, 4.69) is 9.71 Å². The minimum atomic E-state index is -3.78. The summed E-state index contributed by atoms with van der Waals surface area (Å²) in [6.07, 6.45) is 1.66. The lowest BCUT2D eigenvalue weighted by atomic mass is 10.2. The van der Waals surface area contributed by atoms with Gasteiger partial charge in [-0.1, -0.05) is 24.3 Å². The topological polar surface area (TPSA) is 68.3 Å². The lowest BCUT2D eigenvalue weighted by molar-refractivity contribution is 0.417. The number of anilines is 1. The molecule has 1 aromatic heterocycles. The molecule has 0 aliphatic carbocycles. The Hall–Kier alpha value is -2.60. The van der Waals surface area contributed by atoms with Crippen LogP contribution in [0, 0.1) is 6.92 Å². The van der Waals surface area contributed by atoms with Crippen molar-refractivity contribution in [2.45, 2.75) is 11.8 Å². The van der Waals surface area contributed by atoms with E-state index in [-0.39, 0.29) is 4.90 Å². The Bertz CT molecular complexity index is 968. The monoisotopic (exact) mass is 328 g/mol. The van der Waals surface area contributed by atoms with E-state index < -0.39 is 10.0 Å². The number of benzene rings is 2. The van der Waals surface area contributed by atoms with Gasteiger partial charge in [-0.25, -0.2) is 8.42 Å². The van der Waals surface area contributed by atoms with Gasteiger partial charge in [0.05, 0.1) is 18.3 Å². The van der Waals surface area contributed by atoms with Crippen molar-refractivity contribution in [1.82, 2.24) is 4.98 Å². The molecule has 118 valence electrons. The number of fused-ring (bicyclic) bond motifs is 1. The molecule has 6 heteroatoms. The van der Waals surface area contributed by atoms with Crippen LogP contribution in [0.1, 0.15) is 5.56 Å². The number of nitrogens with zero attached hydrogens (tertiary/aromatic N) is 1. The molecule has 0 aliphatic rings. The zero-order valence-electron chi connectivity index (χ0n) is 12.8. The molecule has 1 N–H and O–H groups in total. The molecule has 0 radical (unpaired) electrons. The van der Waals surface area contributed by atoms with E-state index in [9.17, 15) is 8.42 Å². The summed E-state index contributed by atoms with van der Waals surface area (Å²) in [4.78, 5) is 4.42. The standard InChI is InChI=1S/C17H16N2O3S/c1-12-10-13-6-5-9-16(17(13)18-11-12)23(20,21)19-14-7-3-4-8-15(14)22-2/h3-11,19H,1-2H3. The summed E-state index contributed by atoms with van der Waals surface area (Å²) in [5.74, 6) is 0.458. The number of pyridine rings is 1. The van der Waals surface area contributed by atoms with Crippen LogP contribution < -0.4 is 9.46 Å². The number of ether oxygens (including phenoxy) is 1. The minimum Gasteiger partial charge on any atom is -0.495 e. The number of rotatable bonds is 4. The molecular weight excluding hydrogens is 312 g/mol. The van der Waals surface area contributed by atoms with Crippen molar-refractivity contribution in [3.8, 4) is 5.75 Å². The maximum Gasteiger partial charge on any atom is 0.264 e. The first kappa shape index (κ1) is 15.3. The highest BCUT2D eigenvalue weighted by Crippen LogP contribution is 2.28. The van der Waals surface area contributed by atoms with Crippen molar-refractivity contribution in [2.75, 3.05) is 11.8 Å². The van der Waals surface area contributed by atoms with Crippen LogP contribution in [0.3, 0.4) is 0 Å². The molecular formula is C17H16N2O3S. The van der Waals surface area contributed by atoms with E-state index in [0.29, 0.717) is 17.0 Å². The summed E-state index contributed by atoms with van der Waals surface area (Å²) in [7, 11) is -2.28. The fraction of sp³-hybridized carbons (Fsp3) is 0.118. The van der Waals surface area contributed by atoms with E-state index >= 15 is 0 Å². The summed E-state index contributed by atoms with van der Waals surface area (Å²) in [5, 5.41) is 0.785. The third kappa shape index (κ3) is 2.98. The predicted octanol–water partition coefficient (Wildman–Crippen LogP) is 3.35. The van der Waals surface area contributed by atoms with Gasteiger partial charge >= 0.3 is 0 Å². The zero-order valence-corrected chi connectivity index (χ0v) is 13.6. The van der Waals surface area contributed by atoms with Crippen molar-refractivity contribution in [2.24, 2.45) is 0 Å². The van der Waals surface area contributed by atoms with Gasteiger partial charge < -0.3 is 4.74 Å². The van der Waals surface area contributed by atoms with Gasteiger partial charge in [-0.2, -0.15) is 0 Å². The highest BCUT2D eigenvalue weighted by Gasteiger charge is 2.19. The third-order valence-corrected chi connectivity index (χ3v) is 4.85. The lowest BCUT2D eigenvalue weighted by Crippen LogP contribution is -2.14. The molecule has 0 atom stereocenters. The van der Waals surface area contributed by atoms with E-state index in [0.717, 1.165) is 10.9 Å². The number of aryl methyl sites for hydroxylation is 1. The minimum absolute atomic E-state index is 0.140. The van der Waals surface area contributed by atoms with Gasteiger partial charge in [-0.15, -0.1) is 0 Å². The molecule has 0 saturated heterocycles. The average Bonchev–Trinajstić information content (AvgIpc) is 2.54. The molecule has 0 bridgehead atoms. The molecule has 0 unspecified atom stereocenters. The number of hydrogen-bond donors (Lipinski definition) is 1. The second-order valence-electron chi connectivity index (χ2n) is 5.15. The van der Waals surface area contributed by atoms with E-state index in [4.69, 9.17) is 4.74 Å². The highest BCUT2D eigenvalue weighted by atomic mass is 32.2. The molecule has 23 heavy (non-hydrogen) atoms. The third-order valence-electron chi connectivity index (χ3n) is 3.45. The number of methoxy groups -OCH3 is 1. The Morgan fingerprint density at radius 2 is 1.87 bits per heavy atom. The molecule has 3 aromatic rings. The first-order valence-electron chi connectivity index (χ1n) is 7.02. The van der Waals surface area contributed by atoms with Crippen molar-refractivity contribution in [3.05, 3.63) is 60.3 Å². The van der Waals surface area contributed by atoms with Crippen LogP contribution in [-0.2, 0) is 10.0 Å². The Labute approximate surface area is 135 Å². The first-order chi connectivity index (χ1) is 11.0. The predicted molar refractivity (Wildman–Crippen MR) is 90.3 cm³/mol. The molecule has 1 heterocycles. The maximum atomic E-state index is 12.8. The number of nitrogens with one attached hydrogen (secondary N) is 1. The summed E-state index contributed by atoms with van der Waals surface area (Å²) in [6, 6.07) is 13.9. The van der Waals surface area contributed by atoms with Crippen LogP contribution in [0.2, 0.25) is 0 Å². The number of aromatic nitrogens is 1. The average molecular weight is 328 g/mol. The second-order valence-corrected chi connectivity index (χ2v) is 6.80. The summed E-state index contributed by atoms with van der Waals surface area (Å²) >= 11 is 0. The number of para-hydroxylation sites is 3. The smallest absolute Gasteiger partial charge is 0.264 e. The first-order valence-corrected chi connectivity index (χ1v) is 8.51. The number of hydrogen-bond acceptors (Lipinski definition) is 4. The normalized spacial score (nSPS) is 11.4. The number of sulfonamides is 1. The van der Waals surface area contributed by atoms with Crippen LogP contribution in [0.5, 0.6) is 5.75 Å². The van der Waals surface area contributed by atoms with Gasteiger partial charge in [0.2, 0.25) is 0 Å². The fourth-order valence-electron chi connectivity index (χ4n) is 2.39. The Morgan fingerprint density at radius 3 is 2.65 bits per heavy atom. The van der Waals surface area contributed by atoms with Gasteiger partial charge in [0.1, 0.15) is 10.6 Å². The highest BCUT2D eigenvalue weighted by molar-refractivity contribution is 7.93. The van der Waals surface area contributed by atoms with Gasteiger partial charge in [-0.05, 0) is 36.8 Å². The maximum absolute atomic E-state index is 12.8. The molecule has 0 spiro atoms. The van der Waals surface area contributed by atoms with Gasteiger partial charge in [0.15, 0.2) is 0 Å². The quantitative estimate of drug-likeness (QED) is 0.797.